The van der Waals surface area contributed by atoms with E-state index in [9.17, 15) is 14.7 Å². The Kier molecular flexibility index (Phi) is 12.1. The largest absolute Gasteiger partial charge is 0.457 e. The van der Waals surface area contributed by atoms with E-state index in [-0.39, 0.29) is 17.6 Å². The van der Waals surface area contributed by atoms with Crippen molar-refractivity contribution in [2.75, 3.05) is 6.61 Å². The molecule has 0 radical (unpaired) electrons. The number of carbonyl (C=O) groups is 2. The van der Waals surface area contributed by atoms with Crippen molar-refractivity contribution in [1.29, 1.82) is 0 Å². The Balaban J connectivity index is 1.67. The number of esters is 1. The Labute approximate surface area is 310 Å². The van der Waals surface area contributed by atoms with Crippen LogP contribution in [0.4, 0.5) is 0 Å². The van der Waals surface area contributed by atoms with Crippen LogP contribution in [0, 0.1) is 0 Å². The van der Waals surface area contributed by atoms with Crippen LogP contribution in [0.25, 0.3) is 0 Å². The molecule has 1 fully saturated rings. The first kappa shape index (κ1) is 39.3. The van der Waals surface area contributed by atoms with Gasteiger partial charge in [0.25, 0.3) is 16.6 Å². The summed E-state index contributed by atoms with van der Waals surface area (Å²) in [4.78, 5) is 25.6. The van der Waals surface area contributed by atoms with E-state index >= 15 is 0 Å². The molecule has 1 heterocycles. The van der Waals surface area contributed by atoms with Gasteiger partial charge in [-0.1, -0.05) is 163 Å². The van der Waals surface area contributed by atoms with E-state index in [1.165, 1.54) is 13.8 Å². The van der Waals surface area contributed by atoms with Crippen molar-refractivity contribution < 1.29 is 33.0 Å². The molecule has 0 aromatic heterocycles. The smallest absolute Gasteiger partial charge is 0.303 e. The Morgan fingerprint density at radius 3 is 1.42 bits per heavy atom. The van der Waals surface area contributed by atoms with Crippen molar-refractivity contribution in [2.24, 2.45) is 0 Å². The summed E-state index contributed by atoms with van der Waals surface area (Å²) in [6.45, 7) is 15.7. The molecule has 4 aromatic rings. The van der Waals surface area contributed by atoms with E-state index in [0.29, 0.717) is 0 Å². The summed E-state index contributed by atoms with van der Waals surface area (Å²) in [5, 5.41) is 17.8. The van der Waals surface area contributed by atoms with Crippen LogP contribution in [0.5, 0.6) is 0 Å². The summed E-state index contributed by atoms with van der Waals surface area (Å²) in [5.74, 6) is -0.877. The van der Waals surface area contributed by atoms with Crippen molar-refractivity contribution in [3.05, 3.63) is 121 Å². The number of rotatable bonds is 12. The fraction of sp³-hybridized carbons (Fsp3) is 0.381. The first-order chi connectivity index (χ1) is 24.6. The third-order valence-corrected chi connectivity index (χ3v) is 20.0. The molecule has 0 bridgehead atoms. The summed E-state index contributed by atoms with van der Waals surface area (Å²) in [6.07, 6.45) is -4.38. The zero-order valence-electron chi connectivity index (χ0n) is 31.5. The number of aliphatic hydroxyl groups excluding tert-OH is 1. The number of aliphatic hydroxyl groups is 1. The molecule has 0 spiro atoms. The monoisotopic (exact) mass is 739 g/mol. The number of ether oxygens (including phenoxy) is 2. The number of carbonyl (C=O) groups excluding carboxylic acids is 2. The fourth-order valence-electron chi connectivity index (χ4n) is 7.79. The average Bonchev–Trinajstić information content (AvgIpc) is 3.40. The molecule has 0 saturated carbocycles. The van der Waals surface area contributed by atoms with Gasteiger partial charge in [0.1, 0.15) is 18.2 Å². The van der Waals surface area contributed by atoms with Crippen molar-refractivity contribution in [2.45, 2.75) is 96.1 Å². The van der Waals surface area contributed by atoms with Gasteiger partial charge in [-0.25, -0.2) is 0 Å². The van der Waals surface area contributed by atoms with Crippen molar-refractivity contribution >= 4 is 49.3 Å². The van der Waals surface area contributed by atoms with Crippen LogP contribution in [0.1, 0.15) is 55.4 Å². The van der Waals surface area contributed by atoms with Crippen LogP contribution >= 0.6 is 0 Å². The highest BCUT2D eigenvalue weighted by Crippen LogP contribution is 2.41. The van der Waals surface area contributed by atoms with Gasteiger partial charge >= 0.3 is 5.97 Å². The summed E-state index contributed by atoms with van der Waals surface area (Å²) < 4.78 is 27.3. The van der Waals surface area contributed by atoms with E-state index in [1.807, 2.05) is 72.8 Å². The third-order valence-electron chi connectivity index (χ3n) is 9.95. The van der Waals surface area contributed by atoms with Crippen LogP contribution in [0.15, 0.2) is 121 Å². The van der Waals surface area contributed by atoms with Gasteiger partial charge in [-0.2, -0.15) is 0 Å². The average molecular weight is 740 g/mol. The molecule has 1 aliphatic heterocycles. The topological polar surface area (TPSA) is 103 Å². The summed E-state index contributed by atoms with van der Waals surface area (Å²) >= 11 is 0. The zero-order valence-corrected chi connectivity index (χ0v) is 33.5. The molecule has 276 valence electrons. The van der Waals surface area contributed by atoms with Gasteiger partial charge < -0.3 is 28.7 Å². The Hall–Kier alpha value is -3.91. The predicted molar refractivity (Wildman–Crippen MR) is 210 cm³/mol. The second kappa shape index (κ2) is 16.0. The van der Waals surface area contributed by atoms with Crippen LogP contribution in [0.3, 0.4) is 0 Å². The van der Waals surface area contributed by atoms with E-state index in [0.717, 1.165) is 20.7 Å². The van der Waals surface area contributed by atoms with Crippen molar-refractivity contribution in [1.82, 2.24) is 5.32 Å². The second-order valence-corrected chi connectivity index (χ2v) is 24.1. The lowest BCUT2D eigenvalue weighted by molar-refractivity contribution is -0.171. The second-order valence-electron chi connectivity index (χ2n) is 15.6. The SMILES string of the molecule is CC(=O)N[C@@H]1[C@@H](O[Si](c2ccccc2)(c2ccccc2)C(C)(C)C)[C@H]([C@@H](CO[Si](c2ccccc2)(c2ccccc2)C(C)(C)C)OC(C)=O)O[C@H]1O. The minimum atomic E-state index is -3.27. The molecule has 1 saturated heterocycles. The maximum Gasteiger partial charge on any atom is 0.303 e. The van der Waals surface area contributed by atoms with Crippen molar-refractivity contribution in [3.63, 3.8) is 0 Å². The van der Waals surface area contributed by atoms with Gasteiger partial charge in [-0.3, -0.25) is 9.59 Å². The highest BCUT2D eigenvalue weighted by Gasteiger charge is 2.59. The molecule has 2 N–H and O–H groups in total. The third kappa shape index (κ3) is 7.88. The molecule has 1 aliphatic rings. The van der Waals surface area contributed by atoms with E-state index in [1.54, 1.807) is 0 Å². The molecule has 4 aromatic carbocycles. The Bertz CT molecular complexity index is 1680. The lowest BCUT2D eigenvalue weighted by Gasteiger charge is -2.47. The summed E-state index contributed by atoms with van der Waals surface area (Å²) in [7, 11) is -6.36. The van der Waals surface area contributed by atoms with Crippen LogP contribution in [-0.2, 0) is 27.9 Å². The molecular formula is C42H53NO7Si2. The normalized spacial score (nSPS) is 20.2. The molecule has 0 unspecified atom stereocenters. The van der Waals surface area contributed by atoms with Crippen LogP contribution < -0.4 is 26.1 Å². The van der Waals surface area contributed by atoms with Gasteiger partial charge in [0.2, 0.25) is 5.91 Å². The summed E-state index contributed by atoms with van der Waals surface area (Å²) in [6, 6.07) is 39.7. The lowest BCUT2D eigenvalue weighted by atomic mass is 10.0. The number of hydrogen-bond acceptors (Lipinski definition) is 7. The Morgan fingerprint density at radius 2 is 1.08 bits per heavy atom. The summed E-state index contributed by atoms with van der Waals surface area (Å²) in [5.41, 5.74) is 0. The first-order valence-electron chi connectivity index (χ1n) is 17.9. The number of amides is 1. The molecule has 10 heteroatoms. The van der Waals surface area contributed by atoms with Crippen LogP contribution in [-0.4, -0.2) is 70.9 Å². The molecule has 52 heavy (non-hydrogen) atoms. The quantitative estimate of drug-likeness (QED) is 0.161. The highest BCUT2D eigenvalue weighted by molar-refractivity contribution is 7.00. The zero-order chi connectivity index (χ0) is 37.7. The highest BCUT2D eigenvalue weighted by atomic mass is 28.4. The van der Waals surface area contributed by atoms with Gasteiger partial charge in [0, 0.05) is 13.8 Å². The molecular weight excluding hydrogens is 687 g/mol. The molecule has 0 aliphatic carbocycles. The molecule has 8 nitrogen and oxygen atoms in total. The Morgan fingerprint density at radius 1 is 0.692 bits per heavy atom. The maximum absolute atomic E-state index is 12.9. The first-order valence-corrected chi connectivity index (χ1v) is 21.7. The van der Waals surface area contributed by atoms with Gasteiger partial charge in [-0.15, -0.1) is 0 Å². The van der Waals surface area contributed by atoms with E-state index in [4.69, 9.17) is 18.3 Å². The van der Waals surface area contributed by atoms with Crippen LogP contribution in [0.2, 0.25) is 10.1 Å². The van der Waals surface area contributed by atoms with Gasteiger partial charge in [0.15, 0.2) is 12.4 Å². The lowest BCUT2D eigenvalue weighted by Crippen LogP contribution is -2.70. The van der Waals surface area contributed by atoms with E-state index in [2.05, 4.69) is 95.4 Å². The molecule has 5 atom stereocenters. The van der Waals surface area contributed by atoms with Gasteiger partial charge in [-0.05, 0) is 30.8 Å². The standard InChI is InChI=1S/C42H53NO7Si2/c1-30(44)43-37-39(50-52(42(6,7)8,34-25-17-11-18-26-34)35-27-19-12-20-28-35)38(49-40(37)46)36(48-31(2)45)29-47-51(41(3,4)5,32-21-13-9-14-22-32)33-23-15-10-16-24-33/h9-28,36-40,46H,29H2,1-8H3,(H,43,44)/t36-,37-,38+,39-,40-/m1/s1. The maximum atomic E-state index is 12.9. The number of hydrogen-bond donors (Lipinski definition) is 2. The van der Waals surface area contributed by atoms with Gasteiger partial charge in [0.05, 0.1) is 6.61 Å². The predicted octanol–water partition coefficient (Wildman–Crippen LogP) is 4.66. The van der Waals surface area contributed by atoms with E-state index < -0.39 is 58.3 Å². The number of benzene rings is 4. The molecule has 1 amide bonds. The van der Waals surface area contributed by atoms with Crippen molar-refractivity contribution in [3.8, 4) is 0 Å². The number of nitrogens with one attached hydrogen (secondary N) is 1. The minimum Gasteiger partial charge on any atom is -0.457 e. The molecule has 5 rings (SSSR count). The minimum absolute atomic E-state index is 0.0440. The fourth-order valence-corrected chi connectivity index (χ4v) is 17.1.